The summed E-state index contributed by atoms with van der Waals surface area (Å²) in [4.78, 5) is 10.8. The summed E-state index contributed by atoms with van der Waals surface area (Å²) in [7, 11) is 0. The average molecular weight is 194 g/mol. The highest BCUT2D eigenvalue weighted by atomic mass is 16.5. The highest BCUT2D eigenvalue weighted by Gasteiger charge is 2.19. The minimum absolute atomic E-state index is 0.0395. The Balaban J connectivity index is 2.08. The Morgan fingerprint density at radius 1 is 1.36 bits per heavy atom. The van der Waals surface area contributed by atoms with E-state index in [1.165, 1.54) is 0 Å². The van der Waals surface area contributed by atoms with Crippen molar-refractivity contribution in [2.75, 3.05) is 0 Å². The van der Waals surface area contributed by atoms with Crippen molar-refractivity contribution in [1.82, 2.24) is 0 Å². The second kappa shape index (κ2) is 6.41. The van der Waals surface area contributed by atoms with Gasteiger partial charge in [0.2, 0.25) is 0 Å². The number of unbranched alkanes of at least 4 members (excludes halogenated alkanes) is 1. The maximum Gasteiger partial charge on any atom is 0.306 e. The van der Waals surface area contributed by atoms with Crippen LogP contribution in [0.4, 0.5) is 0 Å². The monoisotopic (exact) mass is 194 g/mol. The van der Waals surface area contributed by atoms with Gasteiger partial charge in [-0.15, -0.1) is 0 Å². The lowest BCUT2D eigenvalue weighted by Gasteiger charge is -2.00. The number of esters is 1. The van der Waals surface area contributed by atoms with Crippen LogP contribution in [0.5, 0.6) is 0 Å². The highest BCUT2D eigenvalue weighted by Crippen LogP contribution is 2.14. The third kappa shape index (κ3) is 4.26. The second-order valence-corrected chi connectivity index (χ2v) is 3.45. The molecule has 0 aromatic carbocycles. The average Bonchev–Trinajstić information content (AvgIpc) is 2.58. The zero-order valence-electron chi connectivity index (χ0n) is 8.74. The van der Waals surface area contributed by atoms with E-state index in [1.807, 2.05) is 6.08 Å². The van der Waals surface area contributed by atoms with E-state index < -0.39 is 0 Å². The standard InChI is InChI=1S/C12H18O2/c1-2-3-4-5-6-7-8-11-9-10-12(13)14-11/h3-4,7-8,11H,2,5-6,9-10H2,1H3/b4-3-,8-7+. The molecule has 2 nitrogen and oxygen atoms in total. The number of carbonyl (C=O) groups excluding carboxylic acids is 1. The Morgan fingerprint density at radius 3 is 2.79 bits per heavy atom. The Morgan fingerprint density at radius 2 is 2.14 bits per heavy atom. The number of cyclic esters (lactones) is 1. The van der Waals surface area contributed by atoms with Crippen molar-refractivity contribution < 1.29 is 9.53 Å². The van der Waals surface area contributed by atoms with Crippen LogP contribution in [0.15, 0.2) is 24.3 Å². The van der Waals surface area contributed by atoms with Gasteiger partial charge in [0, 0.05) is 6.42 Å². The maximum absolute atomic E-state index is 10.8. The molecule has 14 heavy (non-hydrogen) atoms. The molecule has 1 unspecified atom stereocenters. The van der Waals surface area contributed by atoms with E-state index in [2.05, 4.69) is 25.2 Å². The fourth-order valence-corrected chi connectivity index (χ4v) is 1.41. The molecule has 0 saturated carbocycles. The lowest BCUT2D eigenvalue weighted by atomic mass is 10.2. The largest absolute Gasteiger partial charge is 0.458 e. The zero-order valence-corrected chi connectivity index (χ0v) is 8.74. The minimum Gasteiger partial charge on any atom is -0.458 e. The molecule has 0 bridgehead atoms. The van der Waals surface area contributed by atoms with Gasteiger partial charge in [0.1, 0.15) is 6.10 Å². The van der Waals surface area contributed by atoms with Crippen molar-refractivity contribution in [3.05, 3.63) is 24.3 Å². The van der Waals surface area contributed by atoms with Crippen LogP contribution in [0.25, 0.3) is 0 Å². The third-order valence-electron chi connectivity index (χ3n) is 2.17. The van der Waals surface area contributed by atoms with Crippen LogP contribution in [-0.2, 0) is 9.53 Å². The van der Waals surface area contributed by atoms with Gasteiger partial charge in [0.15, 0.2) is 0 Å². The van der Waals surface area contributed by atoms with Crippen molar-refractivity contribution in [1.29, 1.82) is 0 Å². The predicted octanol–water partition coefficient (Wildman–Crippen LogP) is 2.99. The molecule has 0 aliphatic carbocycles. The summed E-state index contributed by atoms with van der Waals surface area (Å²) in [6, 6.07) is 0. The van der Waals surface area contributed by atoms with Crippen LogP contribution in [-0.4, -0.2) is 12.1 Å². The fourth-order valence-electron chi connectivity index (χ4n) is 1.41. The van der Waals surface area contributed by atoms with Crippen LogP contribution in [0.1, 0.15) is 39.0 Å². The van der Waals surface area contributed by atoms with Gasteiger partial charge in [-0.3, -0.25) is 4.79 Å². The van der Waals surface area contributed by atoms with Crippen molar-refractivity contribution in [3.8, 4) is 0 Å². The molecular weight excluding hydrogens is 176 g/mol. The van der Waals surface area contributed by atoms with Gasteiger partial charge in [-0.2, -0.15) is 0 Å². The number of ether oxygens (including phenoxy) is 1. The Bertz CT molecular complexity index is 228. The molecule has 1 atom stereocenters. The van der Waals surface area contributed by atoms with Gasteiger partial charge in [0.05, 0.1) is 0 Å². The van der Waals surface area contributed by atoms with E-state index in [4.69, 9.17) is 4.74 Å². The quantitative estimate of drug-likeness (QED) is 0.382. The molecule has 0 aromatic rings. The second-order valence-electron chi connectivity index (χ2n) is 3.45. The van der Waals surface area contributed by atoms with Gasteiger partial charge in [-0.1, -0.05) is 25.2 Å². The predicted molar refractivity (Wildman–Crippen MR) is 56.9 cm³/mol. The van der Waals surface area contributed by atoms with Crippen LogP contribution < -0.4 is 0 Å². The Kier molecular flexibility index (Phi) is 5.05. The van der Waals surface area contributed by atoms with Gasteiger partial charge < -0.3 is 4.74 Å². The molecular formula is C12H18O2. The molecule has 1 rings (SSSR count). The smallest absolute Gasteiger partial charge is 0.306 e. The summed E-state index contributed by atoms with van der Waals surface area (Å²) in [5.41, 5.74) is 0. The molecule has 1 heterocycles. The molecule has 2 heteroatoms. The van der Waals surface area contributed by atoms with E-state index in [0.717, 1.165) is 25.7 Å². The summed E-state index contributed by atoms with van der Waals surface area (Å²) in [6.45, 7) is 2.13. The summed E-state index contributed by atoms with van der Waals surface area (Å²) < 4.78 is 5.05. The van der Waals surface area contributed by atoms with Crippen LogP contribution in [0.3, 0.4) is 0 Å². The van der Waals surface area contributed by atoms with Crippen molar-refractivity contribution in [3.63, 3.8) is 0 Å². The molecule has 0 radical (unpaired) electrons. The normalized spacial score (nSPS) is 22.4. The number of carbonyl (C=O) groups is 1. The summed E-state index contributed by atoms with van der Waals surface area (Å²) in [6.07, 6.45) is 13.1. The van der Waals surface area contributed by atoms with Crippen molar-refractivity contribution >= 4 is 5.97 Å². The van der Waals surface area contributed by atoms with Crippen LogP contribution >= 0.6 is 0 Å². The first-order valence-electron chi connectivity index (χ1n) is 5.34. The Labute approximate surface area is 85.6 Å². The van der Waals surface area contributed by atoms with Crippen LogP contribution in [0, 0.1) is 0 Å². The Hall–Kier alpha value is -1.05. The molecule has 0 amide bonds. The van der Waals surface area contributed by atoms with Gasteiger partial charge in [-0.25, -0.2) is 0 Å². The van der Waals surface area contributed by atoms with Gasteiger partial charge in [-0.05, 0) is 31.8 Å². The molecule has 1 aliphatic heterocycles. The van der Waals surface area contributed by atoms with Crippen LogP contribution in [0.2, 0.25) is 0 Å². The molecule has 0 aromatic heterocycles. The number of hydrogen-bond donors (Lipinski definition) is 0. The van der Waals surface area contributed by atoms with Gasteiger partial charge in [0.25, 0.3) is 0 Å². The highest BCUT2D eigenvalue weighted by molar-refractivity contribution is 5.71. The first kappa shape index (κ1) is 11.0. The SMILES string of the molecule is CC/C=C\CC/C=C/C1CCC(=O)O1. The van der Waals surface area contributed by atoms with Crippen molar-refractivity contribution in [2.45, 2.75) is 45.1 Å². The molecule has 1 fully saturated rings. The fraction of sp³-hybridized carbons (Fsp3) is 0.583. The summed E-state index contributed by atoms with van der Waals surface area (Å²) >= 11 is 0. The first-order valence-corrected chi connectivity index (χ1v) is 5.34. The molecule has 1 saturated heterocycles. The molecule has 78 valence electrons. The lowest BCUT2D eigenvalue weighted by molar-refractivity contribution is -0.139. The lowest BCUT2D eigenvalue weighted by Crippen LogP contribution is -2.01. The number of allylic oxidation sites excluding steroid dienone is 3. The molecule has 1 aliphatic rings. The van der Waals surface area contributed by atoms with E-state index in [0.29, 0.717) is 6.42 Å². The van der Waals surface area contributed by atoms with E-state index in [1.54, 1.807) is 0 Å². The topological polar surface area (TPSA) is 26.3 Å². The molecule has 0 spiro atoms. The van der Waals surface area contributed by atoms with E-state index in [-0.39, 0.29) is 12.1 Å². The van der Waals surface area contributed by atoms with Gasteiger partial charge >= 0.3 is 5.97 Å². The maximum atomic E-state index is 10.8. The van der Waals surface area contributed by atoms with Crippen molar-refractivity contribution in [2.24, 2.45) is 0 Å². The number of hydrogen-bond acceptors (Lipinski definition) is 2. The third-order valence-corrected chi connectivity index (χ3v) is 2.17. The number of rotatable bonds is 5. The van der Waals surface area contributed by atoms with E-state index in [9.17, 15) is 4.79 Å². The molecule has 0 N–H and O–H groups in total. The summed E-state index contributed by atoms with van der Waals surface area (Å²) in [5, 5.41) is 0. The minimum atomic E-state index is -0.0643. The first-order chi connectivity index (χ1) is 6.83. The van der Waals surface area contributed by atoms with E-state index >= 15 is 0 Å². The summed E-state index contributed by atoms with van der Waals surface area (Å²) in [5.74, 6) is -0.0643. The zero-order chi connectivity index (χ0) is 10.2.